The highest BCUT2D eigenvalue weighted by molar-refractivity contribution is 5.98. The molecule has 2 aliphatic heterocycles. The first-order valence-corrected chi connectivity index (χ1v) is 25.1. The van der Waals surface area contributed by atoms with E-state index in [0.717, 1.165) is 96.3 Å². The Bertz CT molecular complexity index is 3540. The zero-order valence-corrected chi connectivity index (χ0v) is 41.8. The minimum Gasteiger partial charge on any atom is -0.341 e. The number of benzene rings is 7. The van der Waals surface area contributed by atoms with E-state index < -0.39 is 0 Å². The number of rotatable bonds is 9. The van der Waals surface area contributed by atoms with Gasteiger partial charge in [0.05, 0.1) is 51.5 Å². The van der Waals surface area contributed by atoms with Gasteiger partial charge in [-0.2, -0.15) is 0 Å². The molecule has 2 atom stereocenters. The second-order valence-corrected chi connectivity index (χ2v) is 19.4. The van der Waals surface area contributed by atoms with Crippen LogP contribution in [0.25, 0.3) is 16.7 Å². The summed E-state index contributed by atoms with van der Waals surface area (Å²) < 4.78 is 0. The van der Waals surface area contributed by atoms with Gasteiger partial charge < -0.3 is 19.6 Å². The van der Waals surface area contributed by atoms with Crippen molar-refractivity contribution in [2.75, 3.05) is 33.7 Å². The number of hydrogen-bond acceptors (Lipinski definition) is 4. The van der Waals surface area contributed by atoms with E-state index in [1.54, 1.807) is 0 Å². The zero-order valence-electron chi connectivity index (χ0n) is 41.8. The molecule has 4 heteroatoms. The Morgan fingerprint density at radius 3 is 1.75 bits per heavy atom. The van der Waals surface area contributed by atoms with Crippen molar-refractivity contribution in [1.29, 1.82) is 0 Å². The molecule has 0 saturated carbocycles. The second-order valence-electron chi connectivity index (χ2n) is 19.4. The van der Waals surface area contributed by atoms with Crippen LogP contribution in [0.1, 0.15) is 43.4 Å². The molecule has 0 amide bonds. The Labute approximate surface area is 425 Å². The fourth-order valence-electron chi connectivity index (χ4n) is 11.2. The monoisotopic (exact) mass is 932 g/mol. The number of anilines is 9. The first-order chi connectivity index (χ1) is 35.1. The van der Waals surface area contributed by atoms with Crippen LogP contribution in [0.15, 0.2) is 261 Å². The van der Waals surface area contributed by atoms with E-state index in [-0.39, 0.29) is 11.5 Å². The molecule has 0 saturated heterocycles. The number of hydrogen-bond donors (Lipinski definition) is 0. The smallest absolute Gasteiger partial charge is 0.0699 e. The largest absolute Gasteiger partial charge is 0.341 e. The van der Waals surface area contributed by atoms with Crippen molar-refractivity contribution in [3.05, 3.63) is 288 Å². The minimum atomic E-state index is -0.131. The van der Waals surface area contributed by atoms with E-state index in [2.05, 4.69) is 280 Å². The predicted octanol–water partition coefficient (Wildman–Crippen LogP) is 15.9. The van der Waals surface area contributed by atoms with Crippen LogP contribution in [0.5, 0.6) is 0 Å². The molecule has 4 nitrogen and oxygen atoms in total. The minimum absolute atomic E-state index is 0.0437. The van der Waals surface area contributed by atoms with E-state index in [0.29, 0.717) is 0 Å². The van der Waals surface area contributed by atoms with Crippen LogP contribution >= 0.6 is 0 Å². The van der Waals surface area contributed by atoms with Crippen molar-refractivity contribution in [3.8, 4) is 0 Å². The third-order valence-corrected chi connectivity index (χ3v) is 15.5. The zero-order chi connectivity index (χ0) is 49.7. The van der Waals surface area contributed by atoms with Crippen LogP contribution in [0.4, 0.5) is 51.2 Å². The topological polar surface area (TPSA) is 13.0 Å². The first-order valence-electron chi connectivity index (χ1n) is 25.1. The molecule has 2 aliphatic carbocycles. The summed E-state index contributed by atoms with van der Waals surface area (Å²) in [5, 5.41) is 2.19. The summed E-state index contributed by atoms with van der Waals surface area (Å²) in [7, 11) is 4.32. The molecule has 0 fully saturated rings. The van der Waals surface area contributed by atoms with Crippen molar-refractivity contribution in [1.82, 2.24) is 0 Å². The van der Waals surface area contributed by atoms with Crippen LogP contribution < -0.4 is 30.0 Å². The molecule has 7 aromatic carbocycles. The molecule has 11 rings (SSSR count). The second kappa shape index (κ2) is 18.6. The van der Waals surface area contributed by atoms with Gasteiger partial charge in [-0.3, -0.25) is 0 Å². The first kappa shape index (κ1) is 45.8. The summed E-state index contributed by atoms with van der Waals surface area (Å²) in [4.78, 5) is 9.51. The van der Waals surface area contributed by atoms with Gasteiger partial charge in [-0.25, -0.2) is 0 Å². The van der Waals surface area contributed by atoms with E-state index >= 15 is 0 Å². The Morgan fingerprint density at radius 1 is 0.597 bits per heavy atom. The molecule has 72 heavy (non-hydrogen) atoms. The van der Waals surface area contributed by atoms with Crippen molar-refractivity contribution in [3.63, 3.8) is 0 Å². The van der Waals surface area contributed by atoms with Gasteiger partial charge in [0.25, 0.3) is 0 Å². The maximum atomic E-state index is 4.87. The maximum absolute atomic E-state index is 4.87. The molecular weight excluding hydrogens is 873 g/mol. The Kier molecular flexibility index (Phi) is 11.9. The van der Waals surface area contributed by atoms with E-state index in [1.165, 1.54) is 33.9 Å². The van der Waals surface area contributed by atoms with Gasteiger partial charge in [0, 0.05) is 25.2 Å². The van der Waals surface area contributed by atoms with Crippen LogP contribution in [0.2, 0.25) is 0 Å². The Balaban J connectivity index is 1.10. The molecule has 0 radical (unpaired) electrons. The molecule has 352 valence electrons. The van der Waals surface area contributed by atoms with Crippen molar-refractivity contribution in [2.45, 2.75) is 38.1 Å². The predicted molar refractivity (Wildman–Crippen MR) is 308 cm³/mol. The maximum Gasteiger partial charge on any atom is 0.0699 e. The molecule has 7 aromatic rings. The summed E-state index contributed by atoms with van der Waals surface area (Å²) in [6.45, 7) is 23.2. The standard InChI is InChI=1S/C68H60N4/c1-9-68(6)49(5)57(56-27-13-14-29-59(56)68)44-48(4)46(2)38-39-47(3)53-42-40-51(71-64-34-19-15-30-60(64)69(7)61-31-16-20-35-65(61)71)26-23-28-54(50-24-11-10-12-25-50)58-45-52(41-43-55(53)58)72-66-36-21-17-32-62(66)70(8)63-33-18-22-37-67(63)72/h10-25,27-45,51H,2-5,9,26H2,1,6-8H3/b28-23+,39-38-,42-40?,55-53?,57-44+,58-54+. The van der Waals surface area contributed by atoms with Crippen LogP contribution in [-0.4, -0.2) is 20.1 Å². The van der Waals surface area contributed by atoms with E-state index in [9.17, 15) is 0 Å². The molecule has 0 N–H and O–H groups in total. The Morgan fingerprint density at radius 2 is 1.14 bits per heavy atom. The molecule has 4 aliphatic rings. The lowest BCUT2D eigenvalue weighted by molar-refractivity contribution is 0.566. The van der Waals surface area contributed by atoms with E-state index in [1.807, 2.05) is 0 Å². The third kappa shape index (κ3) is 7.71. The number of para-hydroxylation sites is 8. The number of nitrogens with zero attached hydrogens (tertiary/aromatic N) is 4. The summed E-state index contributed by atoms with van der Waals surface area (Å²) >= 11 is 0. The fourth-order valence-corrected chi connectivity index (χ4v) is 11.2. The van der Waals surface area contributed by atoms with Crippen LogP contribution in [-0.2, 0) is 5.41 Å². The molecular formula is C68H60N4. The highest BCUT2D eigenvalue weighted by Gasteiger charge is 2.39. The van der Waals surface area contributed by atoms with Gasteiger partial charge in [-0.05, 0) is 146 Å². The van der Waals surface area contributed by atoms with Gasteiger partial charge in [-0.1, -0.05) is 186 Å². The third-order valence-electron chi connectivity index (χ3n) is 15.5. The Hall–Kier alpha value is -8.60. The van der Waals surface area contributed by atoms with Crippen LogP contribution in [0.3, 0.4) is 0 Å². The molecule has 0 spiro atoms. The molecule has 0 aromatic heterocycles. The lowest BCUT2D eigenvalue weighted by atomic mass is 9.78. The van der Waals surface area contributed by atoms with Gasteiger partial charge in [0.2, 0.25) is 0 Å². The summed E-state index contributed by atoms with van der Waals surface area (Å²) in [5.74, 6) is 0. The fraction of sp³-hybridized carbons (Fsp3) is 0.118. The summed E-state index contributed by atoms with van der Waals surface area (Å²) in [6, 6.07) is 61.2. The van der Waals surface area contributed by atoms with E-state index in [4.69, 9.17) is 6.58 Å². The SMILES string of the molecule is C=C(/C=C\C(=C)C1=c2ccc(N3c4ccccc4N(C)c4ccccc43)c/c2=C(c2ccccc2)/C=C/CC(N2c3ccccc3N(C)c3ccccc32)C=C1)C(=C)/C=C1\C(=C)C(C)(CC)c2ccccc21. The quantitative estimate of drug-likeness (QED) is 0.134. The van der Waals surface area contributed by atoms with Crippen molar-refractivity contribution in [2.24, 2.45) is 0 Å². The highest BCUT2D eigenvalue weighted by Crippen LogP contribution is 2.53. The van der Waals surface area contributed by atoms with Gasteiger partial charge in [-0.15, -0.1) is 0 Å². The lowest BCUT2D eigenvalue weighted by Gasteiger charge is -2.41. The van der Waals surface area contributed by atoms with Crippen molar-refractivity contribution >= 4 is 67.9 Å². The average Bonchev–Trinajstić information content (AvgIpc) is 3.63. The average molecular weight is 933 g/mol. The summed E-state index contributed by atoms with van der Waals surface area (Å²) in [6.07, 6.45) is 17.5. The number of fused-ring (bicyclic) bond motifs is 6. The lowest BCUT2D eigenvalue weighted by Crippen LogP contribution is -2.35. The van der Waals surface area contributed by atoms with Gasteiger partial charge in [0.1, 0.15) is 0 Å². The van der Waals surface area contributed by atoms with Crippen molar-refractivity contribution < 1.29 is 0 Å². The van der Waals surface area contributed by atoms with Gasteiger partial charge >= 0.3 is 0 Å². The normalized spacial score (nSPS) is 19.6. The van der Waals surface area contributed by atoms with Gasteiger partial charge in [0.15, 0.2) is 0 Å². The highest BCUT2D eigenvalue weighted by atomic mass is 15.3. The summed E-state index contributed by atoms with van der Waals surface area (Å²) in [5.41, 5.74) is 20.7. The molecule has 2 unspecified atom stereocenters. The van der Waals surface area contributed by atoms with Crippen LogP contribution in [0, 0.1) is 0 Å². The molecule has 0 bridgehead atoms. The number of allylic oxidation sites excluding steroid dienone is 10. The molecule has 2 heterocycles.